The fourth-order valence-corrected chi connectivity index (χ4v) is 2.31. The van der Waals surface area contributed by atoms with Crippen molar-refractivity contribution in [2.45, 2.75) is 19.4 Å². The van der Waals surface area contributed by atoms with Gasteiger partial charge >= 0.3 is 0 Å². The fraction of sp³-hybridized carbons (Fsp3) is 0.222. The topological polar surface area (TPSA) is 44.1 Å². The SMILES string of the molecule is N#CCCCN(Cc1ccccc1)C(=O)c1ccc(Cl)cc1. The Labute approximate surface area is 135 Å². The second-order valence-electron chi connectivity index (χ2n) is 4.98. The summed E-state index contributed by atoms with van der Waals surface area (Å²) in [6.45, 7) is 1.09. The van der Waals surface area contributed by atoms with E-state index in [1.54, 1.807) is 29.2 Å². The monoisotopic (exact) mass is 312 g/mol. The van der Waals surface area contributed by atoms with Crippen molar-refractivity contribution < 1.29 is 4.79 Å². The summed E-state index contributed by atoms with van der Waals surface area (Å²) in [6.07, 6.45) is 1.11. The van der Waals surface area contributed by atoms with Crippen molar-refractivity contribution >= 4 is 17.5 Å². The molecule has 0 unspecified atom stereocenters. The minimum absolute atomic E-state index is 0.0431. The van der Waals surface area contributed by atoms with Crippen LogP contribution in [0.15, 0.2) is 54.6 Å². The van der Waals surface area contributed by atoms with E-state index >= 15 is 0 Å². The highest BCUT2D eigenvalue weighted by Crippen LogP contribution is 2.14. The molecule has 0 radical (unpaired) electrons. The molecular formula is C18H17ClN2O. The molecule has 0 fully saturated rings. The average molecular weight is 313 g/mol. The van der Waals surface area contributed by atoms with Gasteiger partial charge < -0.3 is 4.90 Å². The van der Waals surface area contributed by atoms with Gasteiger partial charge in [0, 0.05) is 30.1 Å². The van der Waals surface area contributed by atoms with E-state index in [4.69, 9.17) is 16.9 Å². The van der Waals surface area contributed by atoms with Gasteiger partial charge in [0.2, 0.25) is 0 Å². The maximum atomic E-state index is 12.7. The van der Waals surface area contributed by atoms with Gasteiger partial charge in [0.05, 0.1) is 6.07 Å². The third-order valence-corrected chi connectivity index (χ3v) is 3.56. The van der Waals surface area contributed by atoms with E-state index in [9.17, 15) is 4.79 Å². The number of benzene rings is 2. The number of carbonyl (C=O) groups is 1. The van der Waals surface area contributed by atoms with E-state index in [-0.39, 0.29) is 5.91 Å². The number of hydrogen-bond donors (Lipinski definition) is 0. The molecule has 0 saturated heterocycles. The Hall–Kier alpha value is -2.31. The van der Waals surface area contributed by atoms with Crippen LogP contribution in [0.5, 0.6) is 0 Å². The lowest BCUT2D eigenvalue weighted by atomic mass is 10.1. The van der Waals surface area contributed by atoms with Crippen molar-refractivity contribution in [3.05, 3.63) is 70.7 Å². The smallest absolute Gasteiger partial charge is 0.254 e. The van der Waals surface area contributed by atoms with Crippen molar-refractivity contribution in [3.8, 4) is 6.07 Å². The number of nitriles is 1. The predicted molar refractivity (Wildman–Crippen MR) is 87.5 cm³/mol. The Bertz CT molecular complexity index is 647. The van der Waals surface area contributed by atoms with Crippen molar-refractivity contribution in [1.29, 1.82) is 5.26 Å². The van der Waals surface area contributed by atoms with Crippen molar-refractivity contribution in [2.24, 2.45) is 0 Å². The molecule has 0 aliphatic carbocycles. The maximum absolute atomic E-state index is 12.7. The minimum Gasteiger partial charge on any atom is -0.334 e. The summed E-state index contributed by atoms with van der Waals surface area (Å²) in [6, 6.07) is 18.8. The molecule has 112 valence electrons. The first kappa shape index (κ1) is 16.1. The highest BCUT2D eigenvalue weighted by Gasteiger charge is 2.15. The van der Waals surface area contributed by atoms with Crippen LogP contribution in [-0.2, 0) is 6.54 Å². The van der Waals surface area contributed by atoms with E-state index in [0.717, 1.165) is 5.56 Å². The lowest BCUT2D eigenvalue weighted by molar-refractivity contribution is 0.0741. The van der Waals surface area contributed by atoms with E-state index in [2.05, 4.69) is 6.07 Å². The zero-order valence-electron chi connectivity index (χ0n) is 12.2. The molecule has 1 amide bonds. The molecule has 2 aromatic carbocycles. The molecule has 0 spiro atoms. The van der Waals surface area contributed by atoms with Gasteiger partial charge in [0.15, 0.2) is 0 Å². The molecule has 0 aliphatic rings. The van der Waals surface area contributed by atoms with E-state index in [0.29, 0.717) is 36.5 Å². The summed E-state index contributed by atoms with van der Waals surface area (Å²) in [5.74, 6) is -0.0431. The number of halogens is 1. The molecule has 0 N–H and O–H groups in total. The normalized spacial score (nSPS) is 10.0. The van der Waals surface area contributed by atoms with Crippen LogP contribution >= 0.6 is 11.6 Å². The molecule has 0 saturated carbocycles. The van der Waals surface area contributed by atoms with E-state index in [1.165, 1.54) is 0 Å². The molecule has 2 aromatic rings. The van der Waals surface area contributed by atoms with Crippen LogP contribution in [0.1, 0.15) is 28.8 Å². The molecule has 22 heavy (non-hydrogen) atoms. The standard InChI is InChI=1S/C18H17ClN2O/c19-17-10-8-16(9-11-17)18(22)21(13-5-4-12-20)14-15-6-2-1-3-7-15/h1-3,6-11H,4-5,13-14H2. The first-order valence-electron chi connectivity index (χ1n) is 7.16. The van der Waals surface area contributed by atoms with Crippen LogP contribution in [0, 0.1) is 11.3 Å². The lowest BCUT2D eigenvalue weighted by Gasteiger charge is -2.22. The molecule has 3 nitrogen and oxygen atoms in total. The van der Waals surface area contributed by atoms with Gasteiger partial charge in [-0.2, -0.15) is 5.26 Å². The third kappa shape index (κ3) is 4.61. The van der Waals surface area contributed by atoms with E-state index in [1.807, 2.05) is 30.3 Å². The summed E-state index contributed by atoms with van der Waals surface area (Å²) < 4.78 is 0. The zero-order chi connectivity index (χ0) is 15.8. The summed E-state index contributed by atoms with van der Waals surface area (Å²) in [7, 11) is 0. The van der Waals surface area contributed by atoms with Crippen molar-refractivity contribution in [2.75, 3.05) is 6.54 Å². The molecular weight excluding hydrogens is 296 g/mol. The van der Waals surface area contributed by atoms with Gasteiger partial charge in [0.25, 0.3) is 5.91 Å². The Morgan fingerprint density at radius 3 is 2.41 bits per heavy atom. The molecule has 2 rings (SSSR count). The molecule has 0 aromatic heterocycles. The number of hydrogen-bond acceptors (Lipinski definition) is 2. The number of nitrogens with zero attached hydrogens (tertiary/aromatic N) is 2. The first-order valence-corrected chi connectivity index (χ1v) is 7.54. The lowest BCUT2D eigenvalue weighted by Crippen LogP contribution is -2.31. The summed E-state index contributed by atoms with van der Waals surface area (Å²) >= 11 is 5.87. The average Bonchev–Trinajstić information content (AvgIpc) is 2.55. The zero-order valence-corrected chi connectivity index (χ0v) is 13.0. The Morgan fingerprint density at radius 1 is 1.09 bits per heavy atom. The maximum Gasteiger partial charge on any atom is 0.254 e. The van der Waals surface area contributed by atoms with Gasteiger partial charge in [-0.15, -0.1) is 0 Å². The first-order chi connectivity index (χ1) is 10.7. The predicted octanol–water partition coefficient (Wildman–Crippen LogP) is 4.29. The molecule has 0 aliphatic heterocycles. The Morgan fingerprint density at radius 2 is 1.77 bits per heavy atom. The fourth-order valence-electron chi connectivity index (χ4n) is 2.18. The summed E-state index contributed by atoms with van der Waals surface area (Å²) in [4.78, 5) is 14.4. The second-order valence-corrected chi connectivity index (χ2v) is 5.42. The van der Waals surface area contributed by atoms with Gasteiger partial charge in [0.1, 0.15) is 0 Å². The van der Waals surface area contributed by atoms with Crippen molar-refractivity contribution in [3.63, 3.8) is 0 Å². The van der Waals surface area contributed by atoms with Gasteiger partial charge in [-0.1, -0.05) is 41.9 Å². The van der Waals surface area contributed by atoms with Crippen molar-refractivity contribution in [1.82, 2.24) is 4.90 Å². The Balaban J connectivity index is 2.14. The van der Waals surface area contributed by atoms with Crippen LogP contribution in [0.4, 0.5) is 0 Å². The number of amides is 1. The highest BCUT2D eigenvalue weighted by atomic mass is 35.5. The minimum atomic E-state index is -0.0431. The van der Waals surface area contributed by atoms with E-state index < -0.39 is 0 Å². The van der Waals surface area contributed by atoms with Gasteiger partial charge in [-0.25, -0.2) is 0 Å². The van der Waals surface area contributed by atoms with Crippen LogP contribution in [0.3, 0.4) is 0 Å². The summed E-state index contributed by atoms with van der Waals surface area (Å²) in [5.41, 5.74) is 1.68. The van der Waals surface area contributed by atoms with Gasteiger partial charge in [-0.3, -0.25) is 4.79 Å². The molecule has 0 atom stereocenters. The highest BCUT2D eigenvalue weighted by molar-refractivity contribution is 6.30. The number of carbonyl (C=O) groups excluding carboxylic acids is 1. The number of rotatable bonds is 6. The van der Waals surface area contributed by atoms with Crippen LogP contribution in [0.25, 0.3) is 0 Å². The number of unbranched alkanes of at least 4 members (excludes halogenated alkanes) is 1. The Kier molecular flexibility index (Phi) is 6.00. The largest absolute Gasteiger partial charge is 0.334 e. The molecule has 0 bridgehead atoms. The van der Waals surface area contributed by atoms with Crippen LogP contribution in [-0.4, -0.2) is 17.4 Å². The van der Waals surface area contributed by atoms with Crippen LogP contribution < -0.4 is 0 Å². The molecule has 0 heterocycles. The summed E-state index contributed by atoms with van der Waals surface area (Å²) in [5, 5.41) is 9.29. The second kappa shape index (κ2) is 8.21. The third-order valence-electron chi connectivity index (χ3n) is 3.31. The van der Waals surface area contributed by atoms with Gasteiger partial charge in [-0.05, 0) is 36.2 Å². The quantitative estimate of drug-likeness (QED) is 0.747. The molecule has 4 heteroatoms. The van der Waals surface area contributed by atoms with Crippen LogP contribution in [0.2, 0.25) is 5.02 Å².